The Bertz CT molecular complexity index is 413. The van der Waals surface area contributed by atoms with Crippen molar-refractivity contribution in [3.8, 4) is 0 Å². The van der Waals surface area contributed by atoms with Crippen LogP contribution in [0.3, 0.4) is 0 Å². The summed E-state index contributed by atoms with van der Waals surface area (Å²) in [5, 5.41) is 10.7. The van der Waals surface area contributed by atoms with Crippen LogP contribution in [0.1, 0.15) is 49.3 Å². The van der Waals surface area contributed by atoms with E-state index in [-0.39, 0.29) is 5.41 Å². The molecular weight excluding hydrogens is 290 g/mol. The molecule has 2 nitrogen and oxygen atoms in total. The maximum Gasteiger partial charge on any atom is 0.0858 e. The zero-order chi connectivity index (χ0) is 13.2. The van der Waals surface area contributed by atoms with Crippen LogP contribution in [0.4, 0.5) is 0 Å². The molecule has 0 amide bonds. The highest BCUT2D eigenvalue weighted by atomic mass is 79.9. The van der Waals surface area contributed by atoms with Crippen LogP contribution >= 0.6 is 15.9 Å². The number of nitrogens with two attached hydrogens (primary N) is 1. The molecule has 0 radical (unpaired) electrons. The zero-order valence-electron chi connectivity index (χ0n) is 11.0. The lowest BCUT2D eigenvalue weighted by atomic mass is 9.68. The van der Waals surface area contributed by atoms with Crippen molar-refractivity contribution in [3.05, 3.63) is 33.8 Å². The van der Waals surface area contributed by atoms with Gasteiger partial charge in [-0.1, -0.05) is 47.3 Å². The van der Waals surface area contributed by atoms with E-state index in [9.17, 15) is 5.11 Å². The molecule has 1 unspecified atom stereocenters. The molecule has 1 saturated carbocycles. The topological polar surface area (TPSA) is 46.2 Å². The summed E-state index contributed by atoms with van der Waals surface area (Å²) in [5.74, 6) is 0. The van der Waals surface area contributed by atoms with Gasteiger partial charge in [0.05, 0.1) is 6.10 Å². The SMILES string of the molecule is Cc1cc(C(O)C2(CN)CCCCC2)ccc1Br. The fraction of sp³-hybridized carbons (Fsp3) is 0.600. The van der Waals surface area contributed by atoms with Crippen LogP contribution in [0, 0.1) is 12.3 Å². The van der Waals surface area contributed by atoms with Gasteiger partial charge in [0.2, 0.25) is 0 Å². The third-order valence-electron chi connectivity index (χ3n) is 4.33. The first-order valence-corrected chi connectivity index (χ1v) is 7.52. The Balaban J connectivity index is 2.27. The van der Waals surface area contributed by atoms with E-state index in [2.05, 4.69) is 28.9 Å². The van der Waals surface area contributed by atoms with Crippen LogP contribution in [0.2, 0.25) is 0 Å². The molecule has 0 spiro atoms. The molecule has 3 heteroatoms. The van der Waals surface area contributed by atoms with E-state index in [1.807, 2.05) is 12.1 Å². The van der Waals surface area contributed by atoms with Crippen molar-refractivity contribution in [1.29, 1.82) is 0 Å². The highest BCUT2D eigenvalue weighted by Crippen LogP contribution is 2.45. The molecule has 2 rings (SSSR count). The standard InChI is InChI=1S/C15H22BrNO/c1-11-9-12(5-6-13(11)16)14(18)15(10-17)7-3-2-4-8-15/h5-6,9,14,18H,2-4,7-8,10,17H2,1H3. The highest BCUT2D eigenvalue weighted by Gasteiger charge is 2.38. The minimum atomic E-state index is -0.436. The molecule has 18 heavy (non-hydrogen) atoms. The van der Waals surface area contributed by atoms with E-state index in [0.717, 1.165) is 28.4 Å². The molecule has 0 saturated heterocycles. The largest absolute Gasteiger partial charge is 0.388 e. The molecule has 3 N–H and O–H groups in total. The summed E-state index contributed by atoms with van der Waals surface area (Å²) in [6, 6.07) is 6.09. The molecule has 1 atom stereocenters. The second kappa shape index (κ2) is 5.72. The van der Waals surface area contributed by atoms with Gasteiger partial charge in [-0.2, -0.15) is 0 Å². The first-order chi connectivity index (χ1) is 8.59. The van der Waals surface area contributed by atoms with Gasteiger partial charge in [0, 0.05) is 16.4 Å². The molecule has 0 aromatic heterocycles. The average Bonchev–Trinajstić information content (AvgIpc) is 2.42. The lowest BCUT2D eigenvalue weighted by Gasteiger charge is -2.40. The van der Waals surface area contributed by atoms with Crippen molar-refractivity contribution in [3.63, 3.8) is 0 Å². The summed E-state index contributed by atoms with van der Waals surface area (Å²) in [4.78, 5) is 0. The Morgan fingerprint density at radius 1 is 1.33 bits per heavy atom. The molecule has 0 aliphatic heterocycles. The Morgan fingerprint density at radius 3 is 2.56 bits per heavy atom. The van der Waals surface area contributed by atoms with Gasteiger partial charge in [0.15, 0.2) is 0 Å². The van der Waals surface area contributed by atoms with E-state index >= 15 is 0 Å². The first kappa shape index (κ1) is 14.0. The van der Waals surface area contributed by atoms with E-state index in [4.69, 9.17) is 5.73 Å². The summed E-state index contributed by atoms with van der Waals surface area (Å²) in [6.45, 7) is 2.62. The van der Waals surface area contributed by atoms with Crippen LogP contribution in [-0.4, -0.2) is 11.7 Å². The lowest BCUT2D eigenvalue weighted by Crippen LogP contribution is -2.38. The van der Waals surface area contributed by atoms with Crippen molar-refractivity contribution < 1.29 is 5.11 Å². The molecule has 0 heterocycles. The summed E-state index contributed by atoms with van der Waals surface area (Å²) in [6.07, 6.45) is 5.29. The number of hydrogen-bond acceptors (Lipinski definition) is 2. The quantitative estimate of drug-likeness (QED) is 0.894. The molecule has 1 aromatic rings. The predicted octanol–water partition coefficient (Wildman–Crippen LogP) is 3.70. The minimum absolute atomic E-state index is 0.113. The van der Waals surface area contributed by atoms with Crippen LogP contribution in [-0.2, 0) is 0 Å². The van der Waals surface area contributed by atoms with Crippen LogP contribution in [0.25, 0.3) is 0 Å². The van der Waals surface area contributed by atoms with Gasteiger partial charge in [-0.05, 0) is 37.0 Å². The number of benzene rings is 1. The molecule has 0 bridgehead atoms. The van der Waals surface area contributed by atoms with Crippen molar-refractivity contribution in [1.82, 2.24) is 0 Å². The summed E-state index contributed by atoms with van der Waals surface area (Å²) >= 11 is 3.50. The normalized spacial score (nSPS) is 20.7. The van der Waals surface area contributed by atoms with E-state index in [0.29, 0.717) is 6.54 Å². The minimum Gasteiger partial charge on any atom is -0.388 e. The number of aryl methyl sites for hydroxylation is 1. The average molecular weight is 312 g/mol. The number of rotatable bonds is 3. The van der Waals surface area contributed by atoms with Crippen LogP contribution in [0.15, 0.2) is 22.7 Å². The Morgan fingerprint density at radius 2 is 2.00 bits per heavy atom. The van der Waals surface area contributed by atoms with Gasteiger partial charge >= 0.3 is 0 Å². The van der Waals surface area contributed by atoms with Gasteiger partial charge in [-0.3, -0.25) is 0 Å². The van der Waals surface area contributed by atoms with Gasteiger partial charge < -0.3 is 10.8 Å². The number of halogens is 1. The summed E-state index contributed by atoms with van der Waals surface area (Å²) in [5.41, 5.74) is 8.03. The molecule has 1 aliphatic carbocycles. The number of hydrogen-bond donors (Lipinski definition) is 2. The summed E-state index contributed by atoms with van der Waals surface area (Å²) < 4.78 is 1.09. The zero-order valence-corrected chi connectivity index (χ0v) is 12.5. The fourth-order valence-corrected chi connectivity index (χ4v) is 3.28. The molecule has 1 aromatic carbocycles. The summed E-state index contributed by atoms with van der Waals surface area (Å²) in [7, 11) is 0. The van der Waals surface area contributed by atoms with Crippen molar-refractivity contribution in [2.45, 2.75) is 45.1 Å². The van der Waals surface area contributed by atoms with Gasteiger partial charge in [-0.15, -0.1) is 0 Å². The second-order valence-corrected chi connectivity index (χ2v) is 6.39. The monoisotopic (exact) mass is 311 g/mol. The molecule has 100 valence electrons. The fourth-order valence-electron chi connectivity index (χ4n) is 3.04. The third kappa shape index (κ3) is 2.63. The third-order valence-corrected chi connectivity index (χ3v) is 5.22. The molecular formula is C15H22BrNO. The molecule has 1 fully saturated rings. The maximum absolute atomic E-state index is 10.7. The Hall–Kier alpha value is -0.380. The number of aliphatic hydroxyl groups is 1. The van der Waals surface area contributed by atoms with Crippen LogP contribution < -0.4 is 5.73 Å². The van der Waals surface area contributed by atoms with Crippen molar-refractivity contribution in [2.75, 3.05) is 6.54 Å². The highest BCUT2D eigenvalue weighted by molar-refractivity contribution is 9.10. The van der Waals surface area contributed by atoms with Crippen molar-refractivity contribution >= 4 is 15.9 Å². The van der Waals surface area contributed by atoms with E-state index < -0.39 is 6.10 Å². The Kier molecular flexibility index (Phi) is 4.46. The van der Waals surface area contributed by atoms with E-state index in [1.165, 1.54) is 19.3 Å². The maximum atomic E-state index is 10.7. The predicted molar refractivity (Wildman–Crippen MR) is 78.4 cm³/mol. The first-order valence-electron chi connectivity index (χ1n) is 6.73. The molecule has 1 aliphatic rings. The van der Waals surface area contributed by atoms with Gasteiger partial charge in [-0.25, -0.2) is 0 Å². The Labute approximate surface area is 118 Å². The second-order valence-electron chi connectivity index (χ2n) is 5.54. The van der Waals surface area contributed by atoms with Crippen molar-refractivity contribution in [2.24, 2.45) is 11.1 Å². The van der Waals surface area contributed by atoms with Crippen LogP contribution in [0.5, 0.6) is 0 Å². The smallest absolute Gasteiger partial charge is 0.0858 e. The van der Waals surface area contributed by atoms with E-state index in [1.54, 1.807) is 0 Å². The number of aliphatic hydroxyl groups excluding tert-OH is 1. The van der Waals surface area contributed by atoms with Gasteiger partial charge in [0.1, 0.15) is 0 Å². The van der Waals surface area contributed by atoms with Gasteiger partial charge in [0.25, 0.3) is 0 Å². The lowest BCUT2D eigenvalue weighted by molar-refractivity contribution is 0.000657.